The van der Waals surface area contributed by atoms with E-state index in [0.29, 0.717) is 0 Å². The summed E-state index contributed by atoms with van der Waals surface area (Å²) >= 11 is 0. The van der Waals surface area contributed by atoms with E-state index in [1.54, 1.807) is 0 Å². The number of hydrazine groups is 1. The lowest BCUT2D eigenvalue weighted by molar-refractivity contribution is -0.0695. The van der Waals surface area contributed by atoms with Gasteiger partial charge in [0.15, 0.2) is 0 Å². The van der Waals surface area contributed by atoms with Crippen LogP contribution in [0.1, 0.15) is 25.7 Å². The molecule has 1 atom stereocenters. The number of rotatable bonds is 0. The Morgan fingerprint density at radius 3 is 2.73 bits per heavy atom. The molecule has 0 aromatic rings. The van der Waals surface area contributed by atoms with E-state index < -0.39 is 0 Å². The Morgan fingerprint density at radius 2 is 2.18 bits per heavy atom. The summed E-state index contributed by atoms with van der Waals surface area (Å²) in [5, 5.41) is 1.88. The van der Waals surface area contributed by atoms with Gasteiger partial charge in [0.25, 0.3) is 0 Å². The predicted octanol–water partition coefficient (Wildman–Crippen LogP) is 0.505. The third kappa shape index (κ3) is 1.41. The minimum Gasteiger partial charge on any atom is -0.374 e. The van der Waals surface area contributed by atoms with Gasteiger partial charge in [-0.1, -0.05) is 0 Å². The van der Waals surface area contributed by atoms with Crippen LogP contribution in [0.5, 0.6) is 0 Å². The van der Waals surface area contributed by atoms with Gasteiger partial charge in [-0.2, -0.15) is 0 Å². The van der Waals surface area contributed by atoms with E-state index in [1.165, 1.54) is 19.3 Å². The van der Waals surface area contributed by atoms with E-state index in [0.717, 1.165) is 26.1 Å². The molecule has 2 aliphatic heterocycles. The summed E-state index contributed by atoms with van der Waals surface area (Å²) in [4.78, 5) is 0. The van der Waals surface area contributed by atoms with Gasteiger partial charge in [-0.15, -0.1) is 0 Å². The second-order valence-corrected chi connectivity index (χ2v) is 3.71. The highest BCUT2D eigenvalue weighted by molar-refractivity contribution is 4.91. The van der Waals surface area contributed by atoms with Crippen LogP contribution in [-0.4, -0.2) is 30.3 Å². The summed E-state index contributed by atoms with van der Waals surface area (Å²) in [6, 6.07) is 0. The molecule has 2 rings (SSSR count). The molecule has 0 bridgehead atoms. The van der Waals surface area contributed by atoms with Crippen molar-refractivity contribution in [1.82, 2.24) is 5.01 Å². The molecule has 2 fully saturated rings. The largest absolute Gasteiger partial charge is 0.374 e. The highest BCUT2D eigenvalue weighted by Crippen LogP contribution is 2.32. The zero-order valence-electron chi connectivity index (χ0n) is 6.88. The first-order chi connectivity index (χ1) is 5.31. The van der Waals surface area contributed by atoms with Crippen LogP contribution in [0.25, 0.3) is 0 Å². The topological polar surface area (TPSA) is 38.5 Å². The van der Waals surface area contributed by atoms with Crippen molar-refractivity contribution in [2.45, 2.75) is 31.3 Å². The van der Waals surface area contributed by atoms with Crippen molar-refractivity contribution in [3.8, 4) is 0 Å². The molecule has 0 aliphatic carbocycles. The highest BCUT2D eigenvalue weighted by Gasteiger charge is 2.39. The maximum absolute atomic E-state index is 5.78. The Morgan fingerprint density at radius 1 is 1.27 bits per heavy atom. The Labute approximate surface area is 67.5 Å². The normalized spacial score (nSPS) is 40.1. The number of ether oxygens (including phenoxy) is 1. The van der Waals surface area contributed by atoms with Gasteiger partial charge in [-0.25, -0.2) is 5.01 Å². The molecule has 3 nitrogen and oxygen atoms in total. The van der Waals surface area contributed by atoms with Gasteiger partial charge in [-0.3, -0.25) is 5.84 Å². The zero-order valence-corrected chi connectivity index (χ0v) is 6.88. The first-order valence-electron chi connectivity index (χ1n) is 4.44. The maximum Gasteiger partial charge on any atom is 0.0835 e. The molecular formula is C8H16N2O. The van der Waals surface area contributed by atoms with E-state index in [9.17, 15) is 0 Å². The first-order valence-corrected chi connectivity index (χ1v) is 4.44. The van der Waals surface area contributed by atoms with Gasteiger partial charge in [0.2, 0.25) is 0 Å². The molecule has 0 saturated carbocycles. The van der Waals surface area contributed by atoms with Crippen molar-refractivity contribution in [2.24, 2.45) is 5.84 Å². The summed E-state index contributed by atoms with van der Waals surface area (Å²) < 4.78 is 5.78. The van der Waals surface area contributed by atoms with Crippen molar-refractivity contribution >= 4 is 0 Å². The molecule has 2 saturated heterocycles. The van der Waals surface area contributed by atoms with Crippen LogP contribution in [0.2, 0.25) is 0 Å². The molecule has 1 spiro atoms. The van der Waals surface area contributed by atoms with Crippen LogP contribution in [0.3, 0.4) is 0 Å². The Bertz CT molecular complexity index is 138. The summed E-state index contributed by atoms with van der Waals surface area (Å²) in [5.74, 6) is 5.69. The minimum absolute atomic E-state index is 0.146. The van der Waals surface area contributed by atoms with Crippen molar-refractivity contribution < 1.29 is 4.74 Å². The van der Waals surface area contributed by atoms with Crippen molar-refractivity contribution in [2.75, 3.05) is 19.7 Å². The number of hydrogen-bond acceptors (Lipinski definition) is 3. The molecule has 0 aromatic heterocycles. The van der Waals surface area contributed by atoms with Crippen molar-refractivity contribution in [3.05, 3.63) is 0 Å². The molecule has 64 valence electrons. The van der Waals surface area contributed by atoms with Crippen LogP contribution in [0, 0.1) is 0 Å². The summed E-state index contributed by atoms with van der Waals surface area (Å²) in [5.41, 5.74) is 0.146. The molecular weight excluding hydrogens is 140 g/mol. The smallest absolute Gasteiger partial charge is 0.0835 e. The van der Waals surface area contributed by atoms with Gasteiger partial charge < -0.3 is 4.74 Å². The van der Waals surface area contributed by atoms with Crippen LogP contribution in [-0.2, 0) is 4.74 Å². The Hall–Kier alpha value is -0.120. The van der Waals surface area contributed by atoms with E-state index in [1.807, 2.05) is 5.01 Å². The van der Waals surface area contributed by atoms with Gasteiger partial charge in [0.1, 0.15) is 0 Å². The number of nitrogens with zero attached hydrogens (tertiary/aromatic N) is 1. The maximum atomic E-state index is 5.78. The SMILES string of the molecule is NN1CC[C@]2(CCCCO2)C1. The zero-order chi connectivity index (χ0) is 7.73. The summed E-state index contributed by atoms with van der Waals surface area (Å²) in [6.45, 7) is 2.88. The lowest BCUT2D eigenvalue weighted by Crippen LogP contribution is -2.40. The minimum atomic E-state index is 0.146. The van der Waals surface area contributed by atoms with Gasteiger partial charge in [0, 0.05) is 19.7 Å². The third-order valence-electron chi connectivity index (χ3n) is 2.78. The molecule has 2 heterocycles. The fraction of sp³-hybridized carbons (Fsp3) is 1.00. The second-order valence-electron chi connectivity index (χ2n) is 3.71. The van der Waals surface area contributed by atoms with Crippen LogP contribution >= 0.6 is 0 Å². The molecule has 2 N–H and O–H groups in total. The molecule has 2 aliphatic rings. The van der Waals surface area contributed by atoms with Crippen molar-refractivity contribution in [1.29, 1.82) is 0 Å². The molecule has 0 radical (unpaired) electrons. The van der Waals surface area contributed by atoms with Gasteiger partial charge >= 0.3 is 0 Å². The van der Waals surface area contributed by atoms with Gasteiger partial charge in [0.05, 0.1) is 5.60 Å². The van der Waals surface area contributed by atoms with Crippen LogP contribution in [0.4, 0.5) is 0 Å². The third-order valence-corrected chi connectivity index (χ3v) is 2.78. The fourth-order valence-corrected chi connectivity index (χ4v) is 2.11. The lowest BCUT2D eigenvalue weighted by Gasteiger charge is -2.33. The van der Waals surface area contributed by atoms with E-state index >= 15 is 0 Å². The predicted molar refractivity (Wildman–Crippen MR) is 42.9 cm³/mol. The molecule has 0 amide bonds. The molecule has 0 aromatic carbocycles. The van der Waals surface area contributed by atoms with Crippen LogP contribution in [0.15, 0.2) is 0 Å². The molecule has 0 unspecified atom stereocenters. The Balaban J connectivity index is 1.98. The summed E-state index contributed by atoms with van der Waals surface area (Å²) in [6.07, 6.45) is 4.88. The second kappa shape index (κ2) is 2.73. The van der Waals surface area contributed by atoms with Gasteiger partial charge in [-0.05, 0) is 25.7 Å². The van der Waals surface area contributed by atoms with Crippen molar-refractivity contribution in [3.63, 3.8) is 0 Å². The average Bonchev–Trinajstić information content (AvgIpc) is 2.34. The highest BCUT2D eigenvalue weighted by atomic mass is 16.5. The van der Waals surface area contributed by atoms with E-state index in [4.69, 9.17) is 10.6 Å². The average molecular weight is 156 g/mol. The Kier molecular flexibility index (Phi) is 1.87. The lowest BCUT2D eigenvalue weighted by atomic mass is 9.93. The quantitative estimate of drug-likeness (QED) is 0.519. The standard InChI is InChI=1S/C8H16N2O/c9-10-5-4-8(7-10)3-1-2-6-11-8/h1-7,9H2/t8-/m1/s1. The monoisotopic (exact) mass is 156 g/mol. The molecule has 11 heavy (non-hydrogen) atoms. The van der Waals surface area contributed by atoms with E-state index in [2.05, 4.69) is 0 Å². The summed E-state index contributed by atoms with van der Waals surface area (Å²) in [7, 11) is 0. The van der Waals surface area contributed by atoms with E-state index in [-0.39, 0.29) is 5.60 Å². The number of hydrogen-bond donors (Lipinski definition) is 1. The first kappa shape index (κ1) is 7.53. The van der Waals surface area contributed by atoms with Crippen LogP contribution < -0.4 is 5.84 Å². The fourth-order valence-electron chi connectivity index (χ4n) is 2.11. The molecule has 3 heteroatoms. The number of nitrogens with two attached hydrogens (primary N) is 1.